The van der Waals surface area contributed by atoms with Gasteiger partial charge in [-0.25, -0.2) is 4.39 Å². The van der Waals surface area contributed by atoms with Gasteiger partial charge in [0.1, 0.15) is 5.82 Å². The first kappa shape index (κ1) is 13.3. The van der Waals surface area contributed by atoms with Crippen LogP contribution in [0.5, 0.6) is 0 Å². The number of hydrogen-bond donors (Lipinski definition) is 1. The highest BCUT2D eigenvalue weighted by Gasteiger charge is 2.17. The van der Waals surface area contributed by atoms with Crippen molar-refractivity contribution in [2.24, 2.45) is 0 Å². The number of hydrogen-bond acceptors (Lipinski definition) is 3. The Morgan fingerprint density at radius 1 is 1.50 bits per heavy atom. The molecule has 6 heteroatoms. The second-order valence-corrected chi connectivity index (χ2v) is 4.34. The van der Waals surface area contributed by atoms with Crippen LogP contribution in [0.15, 0.2) is 18.2 Å². The zero-order valence-electron chi connectivity index (χ0n) is 9.62. The number of carbonyl (C=O) groups excluding carboxylic acids is 1. The van der Waals surface area contributed by atoms with Gasteiger partial charge in [0.05, 0.1) is 31.5 Å². The summed E-state index contributed by atoms with van der Waals surface area (Å²) in [5.41, 5.74) is -0.0702. The molecule has 1 aromatic carbocycles. The van der Waals surface area contributed by atoms with E-state index in [1.807, 2.05) is 0 Å². The number of amides is 1. The van der Waals surface area contributed by atoms with Gasteiger partial charge in [0.25, 0.3) is 5.91 Å². The van der Waals surface area contributed by atoms with Crippen LogP contribution in [0.3, 0.4) is 0 Å². The highest BCUT2D eigenvalue weighted by atomic mass is 35.5. The molecule has 0 spiro atoms. The number of carbonyl (C=O) groups is 1. The average Bonchev–Trinajstić information content (AvgIpc) is 2.40. The summed E-state index contributed by atoms with van der Waals surface area (Å²) in [5, 5.41) is 2.91. The quantitative estimate of drug-likeness (QED) is 0.910. The Bertz CT molecular complexity index is 435. The van der Waals surface area contributed by atoms with Crippen molar-refractivity contribution in [2.75, 3.05) is 26.4 Å². The molecule has 1 amide bonds. The second kappa shape index (κ2) is 6.13. The molecule has 0 bridgehead atoms. The molecule has 0 saturated carbocycles. The van der Waals surface area contributed by atoms with Crippen LogP contribution in [0.2, 0.25) is 5.02 Å². The Hall–Kier alpha value is -1.17. The summed E-state index contributed by atoms with van der Waals surface area (Å²) < 4.78 is 24.0. The molecule has 98 valence electrons. The maximum Gasteiger partial charge on any atom is 0.254 e. The summed E-state index contributed by atoms with van der Waals surface area (Å²) in [5.74, 6) is -1.11. The van der Waals surface area contributed by atoms with Crippen molar-refractivity contribution in [3.63, 3.8) is 0 Å². The van der Waals surface area contributed by atoms with E-state index >= 15 is 0 Å². The van der Waals surface area contributed by atoms with Crippen LogP contribution < -0.4 is 5.32 Å². The highest BCUT2D eigenvalue weighted by molar-refractivity contribution is 6.30. The summed E-state index contributed by atoms with van der Waals surface area (Å²) in [7, 11) is 0. The molecular weight excluding hydrogens is 261 g/mol. The van der Waals surface area contributed by atoms with Crippen molar-refractivity contribution in [3.05, 3.63) is 34.6 Å². The normalized spacial score (nSPS) is 19.6. The monoisotopic (exact) mass is 273 g/mol. The first-order chi connectivity index (χ1) is 8.66. The van der Waals surface area contributed by atoms with Gasteiger partial charge < -0.3 is 14.8 Å². The molecule has 4 nitrogen and oxygen atoms in total. The number of benzene rings is 1. The van der Waals surface area contributed by atoms with Gasteiger partial charge in [-0.3, -0.25) is 4.79 Å². The average molecular weight is 274 g/mol. The highest BCUT2D eigenvalue weighted by Crippen LogP contribution is 2.14. The van der Waals surface area contributed by atoms with E-state index in [9.17, 15) is 9.18 Å². The van der Waals surface area contributed by atoms with Crippen molar-refractivity contribution in [3.8, 4) is 0 Å². The standard InChI is InChI=1S/C12H13ClFNO3/c13-8-1-2-11(14)10(5-8)12(16)15-6-9-7-17-3-4-18-9/h1-2,5,9H,3-4,6-7H2,(H,15,16). The van der Waals surface area contributed by atoms with E-state index in [4.69, 9.17) is 21.1 Å². The van der Waals surface area contributed by atoms with Crippen LogP contribution >= 0.6 is 11.6 Å². The van der Waals surface area contributed by atoms with Crippen LogP contribution in [0.1, 0.15) is 10.4 Å². The lowest BCUT2D eigenvalue weighted by Gasteiger charge is -2.23. The molecule has 1 aromatic rings. The van der Waals surface area contributed by atoms with E-state index in [2.05, 4.69) is 5.32 Å². The molecule has 1 N–H and O–H groups in total. The Morgan fingerprint density at radius 2 is 2.33 bits per heavy atom. The molecule has 1 fully saturated rings. The minimum Gasteiger partial charge on any atom is -0.376 e. The van der Waals surface area contributed by atoms with Gasteiger partial charge >= 0.3 is 0 Å². The maximum absolute atomic E-state index is 13.4. The number of rotatable bonds is 3. The van der Waals surface area contributed by atoms with E-state index < -0.39 is 11.7 Å². The SMILES string of the molecule is O=C(NCC1COCCO1)c1cc(Cl)ccc1F. The lowest BCUT2D eigenvalue weighted by Crippen LogP contribution is -2.39. The zero-order chi connectivity index (χ0) is 13.0. The number of ether oxygens (including phenoxy) is 2. The molecule has 2 rings (SSSR count). The summed E-state index contributed by atoms with van der Waals surface area (Å²) in [4.78, 5) is 11.8. The Balaban J connectivity index is 1.92. The molecule has 1 heterocycles. The number of halogens is 2. The summed E-state index contributed by atoms with van der Waals surface area (Å²) in [6, 6.07) is 3.85. The molecular formula is C12H13ClFNO3. The zero-order valence-corrected chi connectivity index (χ0v) is 10.4. The van der Waals surface area contributed by atoms with Gasteiger partial charge in [0.15, 0.2) is 0 Å². The molecule has 1 saturated heterocycles. The van der Waals surface area contributed by atoms with Crippen LogP contribution in [0.4, 0.5) is 4.39 Å². The fraction of sp³-hybridized carbons (Fsp3) is 0.417. The number of nitrogens with one attached hydrogen (secondary N) is 1. The summed E-state index contributed by atoms with van der Waals surface area (Å²) >= 11 is 5.72. The Kier molecular flexibility index (Phi) is 4.52. The summed E-state index contributed by atoms with van der Waals surface area (Å²) in [6.07, 6.45) is -0.190. The third-order valence-electron chi connectivity index (χ3n) is 2.55. The van der Waals surface area contributed by atoms with E-state index in [-0.39, 0.29) is 18.2 Å². The third kappa shape index (κ3) is 3.41. The first-order valence-corrected chi connectivity index (χ1v) is 5.97. The molecule has 1 unspecified atom stereocenters. The van der Waals surface area contributed by atoms with Crippen molar-refractivity contribution in [1.29, 1.82) is 0 Å². The van der Waals surface area contributed by atoms with Crippen molar-refractivity contribution < 1.29 is 18.7 Å². The van der Waals surface area contributed by atoms with Crippen LogP contribution in [-0.4, -0.2) is 38.4 Å². The smallest absolute Gasteiger partial charge is 0.254 e. The van der Waals surface area contributed by atoms with Crippen molar-refractivity contribution in [1.82, 2.24) is 5.32 Å². The van der Waals surface area contributed by atoms with Gasteiger partial charge in [-0.1, -0.05) is 11.6 Å². The fourth-order valence-electron chi connectivity index (χ4n) is 1.63. The second-order valence-electron chi connectivity index (χ2n) is 3.90. The Labute approximate surface area is 109 Å². The van der Waals surface area contributed by atoms with E-state index in [0.717, 1.165) is 6.07 Å². The van der Waals surface area contributed by atoms with Gasteiger partial charge in [-0.15, -0.1) is 0 Å². The largest absolute Gasteiger partial charge is 0.376 e. The summed E-state index contributed by atoms with van der Waals surface area (Å²) in [6.45, 7) is 1.78. The lowest BCUT2D eigenvalue weighted by atomic mass is 10.2. The molecule has 1 aliphatic heterocycles. The molecule has 0 aliphatic carbocycles. The minimum absolute atomic E-state index is 0.0702. The van der Waals surface area contributed by atoms with Crippen LogP contribution in [-0.2, 0) is 9.47 Å². The molecule has 0 aromatic heterocycles. The first-order valence-electron chi connectivity index (χ1n) is 5.59. The lowest BCUT2D eigenvalue weighted by molar-refractivity contribution is -0.0855. The Morgan fingerprint density at radius 3 is 3.06 bits per heavy atom. The minimum atomic E-state index is -0.599. The molecule has 1 aliphatic rings. The van der Waals surface area contributed by atoms with E-state index in [1.54, 1.807) is 0 Å². The third-order valence-corrected chi connectivity index (χ3v) is 2.78. The van der Waals surface area contributed by atoms with Crippen LogP contribution in [0, 0.1) is 5.82 Å². The molecule has 18 heavy (non-hydrogen) atoms. The molecule has 1 atom stereocenters. The van der Waals surface area contributed by atoms with Gasteiger partial charge in [-0.2, -0.15) is 0 Å². The van der Waals surface area contributed by atoms with Crippen molar-refractivity contribution >= 4 is 17.5 Å². The van der Waals surface area contributed by atoms with Gasteiger partial charge in [0.2, 0.25) is 0 Å². The van der Waals surface area contributed by atoms with Crippen molar-refractivity contribution in [2.45, 2.75) is 6.10 Å². The van der Waals surface area contributed by atoms with Gasteiger partial charge in [0, 0.05) is 11.6 Å². The topological polar surface area (TPSA) is 47.6 Å². The van der Waals surface area contributed by atoms with E-state index in [0.29, 0.717) is 24.8 Å². The van der Waals surface area contributed by atoms with Gasteiger partial charge in [-0.05, 0) is 18.2 Å². The van der Waals surface area contributed by atoms with Crippen LogP contribution in [0.25, 0.3) is 0 Å². The maximum atomic E-state index is 13.4. The van der Waals surface area contributed by atoms with E-state index in [1.165, 1.54) is 12.1 Å². The predicted molar refractivity (Wildman–Crippen MR) is 64.3 cm³/mol. The molecule has 0 radical (unpaired) electrons. The predicted octanol–water partition coefficient (Wildman–Crippen LogP) is 1.62. The fourth-order valence-corrected chi connectivity index (χ4v) is 1.80.